The molecule has 8 nitrogen and oxygen atoms in total. The standard InChI is InChI=1S/C17H22N6O2/c1-12-13(10-21-17(18)22-12)16(24)20-11-15(14-4-2-3-5-19-14)23-6-8-25-9-7-23/h2-5,10,15H,6-9,11H2,1H3,(H,20,24)(H2,18,21,22). The van der Waals surface area contributed by atoms with Crippen molar-refractivity contribution in [2.45, 2.75) is 13.0 Å². The number of hydrogen-bond acceptors (Lipinski definition) is 7. The van der Waals surface area contributed by atoms with Gasteiger partial charge in [-0.3, -0.25) is 14.7 Å². The summed E-state index contributed by atoms with van der Waals surface area (Å²) in [6, 6.07) is 5.80. The van der Waals surface area contributed by atoms with Gasteiger partial charge in [-0.1, -0.05) is 6.07 Å². The summed E-state index contributed by atoms with van der Waals surface area (Å²) in [6.45, 7) is 5.16. The van der Waals surface area contributed by atoms with Crippen LogP contribution in [-0.4, -0.2) is 58.6 Å². The van der Waals surface area contributed by atoms with E-state index in [1.54, 1.807) is 13.1 Å². The van der Waals surface area contributed by atoms with Crippen molar-refractivity contribution in [1.29, 1.82) is 0 Å². The SMILES string of the molecule is Cc1nc(N)ncc1C(=O)NCC(c1ccccn1)N1CCOCC1. The van der Waals surface area contributed by atoms with Gasteiger partial charge in [-0.15, -0.1) is 0 Å². The minimum atomic E-state index is -0.216. The zero-order chi connectivity index (χ0) is 17.6. The third kappa shape index (κ3) is 4.28. The molecule has 1 fully saturated rings. The Hall–Kier alpha value is -2.58. The maximum Gasteiger partial charge on any atom is 0.254 e. The number of carbonyl (C=O) groups excluding carboxylic acids is 1. The number of aryl methyl sites for hydroxylation is 1. The lowest BCUT2D eigenvalue weighted by Crippen LogP contribution is -2.44. The molecule has 8 heteroatoms. The first-order valence-electron chi connectivity index (χ1n) is 8.25. The smallest absolute Gasteiger partial charge is 0.254 e. The third-order valence-electron chi connectivity index (χ3n) is 4.21. The molecule has 132 valence electrons. The van der Waals surface area contributed by atoms with E-state index in [1.165, 1.54) is 6.20 Å². The van der Waals surface area contributed by atoms with E-state index in [0.717, 1.165) is 18.8 Å². The van der Waals surface area contributed by atoms with E-state index in [4.69, 9.17) is 10.5 Å². The summed E-state index contributed by atoms with van der Waals surface area (Å²) in [5.41, 5.74) is 7.46. The molecule has 3 rings (SSSR count). The van der Waals surface area contributed by atoms with E-state index in [9.17, 15) is 4.79 Å². The summed E-state index contributed by atoms with van der Waals surface area (Å²) >= 11 is 0. The van der Waals surface area contributed by atoms with E-state index < -0.39 is 0 Å². The number of amides is 1. The van der Waals surface area contributed by atoms with Crippen LogP contribution in [0.15, 0.2) is 30.6 Å². The molecular formula is C17H22N6O2. The van der Waals surface area contributed by atoms with Gasteiger partial charge in [0, 0.05) is 32.0 Å². The molecule has 2 aromatic rings. The molecular weight excluding hydrogens is 320 g/mol. The number of pyridine rings is 1. The Bertz CT molecular complexity index is 718. The Kier molecular flexibility index (Phi) is 5.52. The van der Waals surface area contributed by atoms with Crippen LogP contribution in [0.5, 0.6) is 0 Å². The number of aromatic nitrogens is 3. The average Bonchev–Trinajstić information content (AvgIpc) is 2.63. The Balaban J connectivity index is 1.72. The summed E-state index contributed by atoms with van der Waals surface area (Å²) in [4.78, 5) is 27.2. The number of ether oxygens (including phenoxy) is 1. The van der Waals surface area contributed by atoms with Gasteiger partial charge in [-0.2, -0.15) is 0 Å². The normalized spacial score (nSPS) is 16.4. The van der Waals surface area contributed by atoms with Crippen molar-refractivity contribution in [3.8, 4) is 0 Å². The Morgan fingerprint density at radius 3 is 2.84 bits per heavy atom. The Morgan fingerprint density at radius 1 is 1.36 bits per heavy atom. The maximum atomic E-state index is 12.5. The van der Waals surface area contributed by atoms with Crippen LogP contribution in [0.3, 0.4) is 0 Å². The van der Waals surface area contributed by atoms with Crippen LogP contribution in [0.25, 0.3) is 0 Å². The number of hydrogen-bond donors (Lipinski definition) is 2. The van der Waals surface area contributed by atoms with Crippen molar-refractivity contribution < 1.29 is 9.53 Å². The number of nitrogens with zero attached hydrogens (tertiary/aromatic N) is 4. The van der Waals surface area contributed by atoms with Crippen molar-refractivity contribution in [3.63, 3.8) is 0 Å². The Morgan fingerprint density at radius 2 is 2.16 bits per heavy atom. The summed E-state index contributed by atoms with van der Waals surface area (Å²) in [5.74, 6) is -0.0552. The van der Waals surface area contributed by atoms with Crippen molar-refractivity contribution in [1.82, 2.24) is 25.2 Å². The van der Waals surface area contributed by atoms with Crippen LogP contribution >= 0.6 is 0 Å². The van der Waals surface area contributed by atoms with E-state index in [0.29, 0.717) is 31.0 Å². The minimum Gasteiger partial charge on any atom is -0.379 e. The van der Waals surface area contributed by atoms with Gasteiger partial charge in [0.05, 0.1) is 36.2 Å². The molecule has 0 radical (unpaired) electrons. The number of nitrogens with two attached hydrogens (primary N) is 1. The molecule has 0 aromatic carbocycles. The second-order valence-corrected chi connectivity index (χ2v) is 5.86. The van der Waals surface area contributed by atoms with Gasteiger partial charge < -0.3 is 15.8 Å². The molecule has 2 aromatic heterocycles. The van der Waals surface area contributed by atoms with E-state index in [-0.39, 0.29) is 17.9 Å². The van der Waals surface area contributed by atoms with Gasteiger partial charge in [0.15, 0.2) is 0 Å². The Labute approximate surface area is 146 Å². The predicted molar refractivity (Wildman–Crippen MR) is 92.9 cm³/mol. The van der Waals surface area contributed by atoms with E-state index in [1.807, 2.05) is 18.2 Å². The topological polar surface area (TPSA) is 106 Å². The fourth-order valence-corrected chi connectivity index (χ4v) is 2.88. The third-order valence-corrected chi connectivity index (χ3v) is 4.21. The molecule has 0 bridgehead atoms. The maximum absolute atomic E-state index is 12.5. The summed E-state index contributed by atoms with van der Waals surface area (Å²) in [6.07, 6.45) is 3.22. The largest absolute Gasteiger partial charge is 0.379 e. The van der Waals surface area contributed by atoms with Gasteiger partial charge in [0.1, 0.15) is 0 Å². The first-order chi connectivity index (χ1) is 12.1. The molecule has 3 N–H and O–H groups in total. The van der Waals surface area contributed by atoms with Gasteiger partial charge in [-0.05, 0) is 19.1 Å². The lowest BCUT2D eigenvalue weighted by Gasteiger charge is -2.34. The lowest BCUT2D eigenvalue weighted by atomic mass is 10.1. The quantitative estimate of drug-likeness (QED) is 0.818. The predicted octanol–water partition coefficient (Wildman–Crippen LogP) is 0.566. The average molecular weight is 342 g/mol. The second kappa shape index (κ2) is 8.00. The summed E-state index contributed by atoms with van der Waals surface area (Å²) in [5, 5.41) is 2.97. The molecule has 1 aliphatic heterocycles. The van der Waals surface area contributed by atoms with Crippen LogP contribution in [-0.2, 0) is 4.74 Å². The van der Waals surface area contributed by atoms with Crippen molar-refractivity contribution in [2.75, 3.05) is 38.6 Å². The summed E-state index contributed by atoms with van der Waals surface area (Å²) < 4.78 is 5.43. The lowest BCUT2D eigenvalue weighted by molar-refractivity contribution is 0.0154. The van der Waals surface area contributed by atoms with E-state index >= 15 is 0 Å². The van der Waals surface area contributed by atoms with Crippen molar-refractivity contribution >= 4 is 11.9 Å². The summed E-state index contributed by atoms with van der Waals surface area (Å²) in [7, 11) is 0. The van der Waals surface area contributed by atoms with Crippen LogP contribution in [0.4, 0.5) is 5.95 Å². The van der Waals surface area contributed by atoms with Crippen LogP contribution in [0.1, 0.15) is 27.8 Å². The first kappa shape index (κ1) is 17.2. The van der Waals surface area contributed by atoms with Gasteiger partial charge >= 0.3 is 0 Å². The fraction of sp³-hybridized carbons (Fsp3) is 0.412. The number of rotatable bonds is 5. The van der Waals surface area contributed by atoms with Gasteiger partial charge in [0.2, 0.25) is 5.95 Å². The number of carbonyl (C=O) groups is 1. The second-order valence-electron chi connectivity index (χ2n) is 5.86. The molecule has 0 saturated carbocycles. The zero-order valence-electron chi connectivity index (χ0n) is 14.2. The molecule has 1 atom stereocenters. The van der Waals surface area contributed by atoms with Crippen LogP contribution in [0.2, 0.25) is 0 Å². The minimum absolute atomic E-state index is 0.0101. The highest BCUT2D eigenvalue weighted by atomic mass is 16.5. The number of morpholine rings is 1. The zero-order valence-corrected chi connectivity index (χ0v) is 14.2. The highest BCUT2D eigenvalue weighted by molar-refractivity contribution is 5.95. The van der Waals surface area contributed by atoms with Crippen molar-refractivity contribution in [2.24, 2.45) is 0 Å². The monoisotopic (exact) mass is 342 g/mol. The van der Waals surface area contributed by atoms with E-state index in [2.05, 4.69) is 25.2 Å². The molecule has 0 aliphatic carbocycles. The molecule has 1 saturated heterocycles. The van der Waals surface area contributed by atoms with Crippen molar-refractivity contribution in [3.05, 3.63) is 47.5 Å². The molecule has 25 heavy (non-hydrogen) atoms. The number of nitrogens with one attached hydrogen (secondary N) is 1. The first-order valence-corrected chi connectivity index (χ1v) is 8.25. The van der Waals surface area contributed by atoms with Crippen LogP contribution < -0.4 is 11.1 Å². The van der Waals surface area contributed by atoms with Gasteiger partial charge in [0.25, 0.3) is 5.91 Å². The number of anilines is 1. The molecule has 3 heterocycles. The molecule has 1 amide bonds. The van der Waals surface area contributed by atoms with Crippen LogP contribution in [0, 0.1) is 6.92 Å². The number of nitrogen functional groups attached to an aromatic ring is 1. The highest BCUT2D eigenvalue weighted by Crippen LogP contribution is 2.19. The molecule has 1 aliphatic rings. The van der Waals surface area contributed by atoms with Gasteiger partial charge in [-0.25, -0.2) is 9.97 Å². The molecule has 1 unspecified atom stereocenters. The highest BCUT2D eigenvalue weighted by Gasteiger charge is 2.24. The molecule has 0 spiro atoms. The fourth-order valence-electron chi connectivity index (χ4n) is 2.88.